The molecule has 0 aromatic heterocycles. The van der Waals surface area contributed by atoms with Crippen molar-refractivity contribution < 1.29 is 9.47 Å². The summed E-state index contributed by atoms with van der Waals surface area (Å²) in [6.45, 7) is 2.03. The van der Waals surface area contributed by atoms with Crippen molar-refractivity contribution in [2.24, 2.45) is 5.73 Å². The smallest absolute Gasteiger partial charge is 0.133 e. The first kappa shape index (κ1) is 14.5. The molecule has 1 aromatic rings. The van der Waals surface area contributed by atoms with E-state index >= 15 is 0 Å². The van der Waals surface area contributed by atoms with Crippen LogP contribution in [-0.4, -0.2) is 26.4 Å². The molecule has 0 aliphatic heterocycles. The molecule has 0 fully saturated rings. The summed E-state index contributed by atoms with van der Waals surface area (Å²) in [5.74, 6) is 0.840. The number of rotatable bonds is 6. The molecule has 0 bridgehead atoms. The third-order valence-electron chi connectivity index (χ3n) is 2.75. The van der Waals surface area contributed by atoms with Gasteiger partial charge in [0.05, 0.1) is 17.7 Å². The van der Waals surface area contributed by atoms with Gasteiger partial charge in [-0.25, -0.2) is 0 Å². The molecule has 1 aromatic carbocycles. The van der Waals surface area contributed by atoms with E-state index in [2.05, 4.69) is 22.0 Å². The summed E-state index contributed by atoms with van der Waals surface area (Å²) < 4.78 is 11.4. The van der Waals surface area contributed by atoms with Crippen molar-refractivity contribution in [3.63, 3.8) is 0 Å². The van der Waals surface area contributed by atoms with Crippen molar-refractivity contribution in [2.75, 3.05) is 14.2 Å². The Morgan fingerprint density at radius 1 is 1.35 bits per heavy atom. The van der Waals surface area contributed by atoms with Crippen molar-refractivity contribution in [1.82, 2.24) is 0 Å². The Labute approximate surface area is 111 Å². The van der Waals surface area contributed by atoms with Crippen molar-refractivity contribution in [3.8, 4) is 5.75 Å². The van der Waals surface area contributed by atoms with Gasteiger partial charge in [-0.05, 0) is 53.4 Å². The lowest BCUT2D eigenvalue weighted by Gasteiger charge is -2.16. The predicted molar refractivity (Wildman–Crippen MR) is 73.5 cm³/mol. The number of benzene rings is 1. The van der Waals surface area contributed by atoms with Crippen LogP contribution in [0.2, 0.25) is 0 Å². The molecule has 0 radical (unpaired) electrons. The molecule has 0 saturated heterocycles. The summed E-state index contributed by atoms with van der Waals surface area (Å²) in [4.78, 5) is 0. The van der Waals surface area contributed by atoms with Crippen LogP contribution in [0.4, 0.5) is 0 Å². The largest absolute Gasteiger partial charge is 0.496 e. The first-order valence-corrected chi connectivity index (χ1v) is 6.47. The summed E-state index contributed by atoms with van der Waals surface area (Å²) in [6, 6.07) is 6.16. The lowest BCUT2D eigenvalue weighted by Crippen LogP contribution is -2.27. The number of hydrogen-bond donors (Lipinski definition) is 1. The topological polar surface area (TPSA) is 44.5 Å². The second-order valence-corrected chi connectivity index (χ2v) is 5.07. The fourth-order valence-corrected chi connectivity index (χ4v) is 2.33. The quantitative estimate of drug-likeness (QED) is 0.879. The van der Waals surface area contributed by atoms with E-state index in [4.69, 9.17) is 15.2 Å². The zero-order chi connectivity index (χ0) is 12.8. The van der Waals surface area contributed by atoms with Gasteiger partial charge in [-0.1, -0.05) is 6.07 Å². The van der Waals surface area contributed by atoms with Crippen molar-refractivity contribution in [1.29, 1.82) is 0 Å². The predicted octanol–water partition coefficient (Wildman–Crippen LogP) is 2.75. The standard InChI is InChI=1S/C13H20BrNO2/c1-9(16-2)6-11(15)7-10-4-5-13(17-3)12(14)8-10/h4-5,8-9,11H,6-7,15H2,1-3H3. The monoisotopic (exact) mass is 301 g/mol. The average molecular weight is 302 g/mol. The van der Waals surface area contributed by atoms with E-state index in [-0.39, 0.29) is 12.1 Å². The number of hydrogen-bond acceptors (Lipinski definition) is 3. The number of nitrogens with two attached hydrogens (primary N) is 1. The molecule has 0 amide bonds. The minimum Gasteiger partial charge on any atom is -0.496 e. The van der Waals surface area contributed by atoms with E-state index in [9.17, 15) is 0 Å². The summed E-state index contributed by atoms with van der Waals surface area (Å²) >= 11 is 3.47. The molecule has 4 heteroatoms. The van der Waals surface area contributed by atoms with E-state index < -0.39 is 0 Å². The van der Waals surface area contributed by atoms with Crippen LogP contribution in [-0.2, 0) is 11.2 Å². The van der Waals surface area contributed by atoms with Crippen LogP contribution in [0.5, 0.6) is 5.75 Å². The maximum Gasteiger partial charge on any atom is 0.133 e. The maximum atomic E-state index is 6.08. The van der Waals surface area contributed by atoms with Gasteiger partial charge in [0.15, 0.2) is 0 Å². The molecule has 2 atom stereocenters. The molecule has 2 unspecified atom stereocenters. The SMILES string of the molecule is COc1ccc(CC(N)CC(C)OC)cc1Br. The third kappa shape index (κ3) is 4.66. The van der Waals surface area contributed by atoms with Crippen molar-refractivity contribution in [2.45, 2.75) is 31.9 Å². The molecule has 0 aliphatic carbocycles. The van der Waals surface area contributed by atoms with Crippen molar-refractivity contribution in [3.05, 3.63) is 28.2 Å². The number of methoxy groups -OCH3 is 2. The molecule has 96 valence electrons. The summed E-state index contributed by atoms with van der Waals surface area (Å²) in [5.41, 5.74) is 7.28. The minimum absolute atomic E-state index is 0.116. The molecular weight excluding hydrogens is 282 g/mol. The second-order valence-electron chi connectivity index (χ2n) is 4.22. The van der Waals surface area contributed by atoms with E-state index in [1.54, 1.807) is 14.2 Å². The van der Waals surface area contributed by atoms with Gasteiger partial charge in [0.25, 0.3) is 0 Å². The van der Waals surface area contributed by atoms with Crippen LogP contribution in [0.1, 0.15) is 18.9 Å². The van der Waals surface area contributed by atoms with Crippen LogP contribution in [0, 0.1) is 0 Å². The van der Waals surface area contributed by atoms with Gasteiger partial charge in [0.2, 0.25) is 0 Å². The number of ether oxygens (including phenoxy) is 2. The van der Waals surface area contributed by atoms with Crippen LogP contribution in [0.25, 0.3) is 0 Å². The molecule has 0 heterocycles. The van der Waals surface area contributed by atoms with Gasteiger partial charge in [-0.15, -0.1) is 0 Å². The van der Waals surface area contributed by atoms with Crippen molar-refractivity contribution >= 4 is 15.9 Å². The Hall–Kier alpha value is -0.580. The highest BCUT2D eigenvalue weighted by Crippen LogP contribution is 2.26. The third-order valence-corrected chi connectivity index (χ3v) is 3.37. The Bertz CT molecular complexity index is 357. The minimum atomic E-state index is 0.116. The van der Waals surface area contributed by atoms with Gasteiger partial charge in [0, 0.05) is 13.2 Å². The highest BCUT2D eigenvalue weighted by atomic mass is 79.9. The van der Waals surface area contributed by atoms with E-state index in [1.165, 1.54) is 5.56 Å². The van der Waals surface area contributed by atoms with Gasteiger partial charge in [-0.3, -0.25) is 0 Å². The molecule has 3 nitrogen and oxygen atoms in total. The van der Waals surface area contributed by atoms with Crippen LogP contribution >= 0.6 is 15.9 Å². The van der Waals surface area contributed by atoms with Gasteiger partial charge in [0.1, 0.15) is 5.75 Å². The second kappa shape index (κ2) is 6.99. The van der Waals surface area contributed by atoms with Gasteiger partial charge >= 0.3 is 0 Å². The Morgan fingerprint density at radius 3 is 2.59 bits per heavy atom. The average Bonchev–Trinajstić information content (AvgIpc) is 2.29. The highest BCUT2D eigenvalue weighted by Gasteiger charge is 2.10. The van der Waals surface area contributed by atoms with Crippen LogP contribution in [0.15, 0.2) is 22.7 Å². The molecule has 1 rings (SSSR count). The normalized spacial score (nSPS) is 14.4. The summed E-state index contributed by atoms with van der Waals surface area (Å²) in [5, 5.41) is 0. The molecule has 17 heavy (non-hydrogen) atoms. The van der Waals surface area contributed by atoms with E-state index in [1.807, 2.05) is 19.1 Å². The summed E-state index contributed by atoms with van der Waals surface area (Å²) in [6.07, 6.45) is 1.91. The molecule has 0 aliphatic rings. The van der Waals surface area contributed by atoms with Gasteiger partial charge < -0.3 is 15.2 Å². The Kier molecular flexibility index (Phi) is 5.95. The zero-order valence-corrected chi connectivity index (χ0v) is 12.2. The molecule has 2 N–H and O–H groups in total. The summed E-state index contributed by atoms with van der Waals surface area (Å²) in [7, 11) is 3.37. The Morgan fingerprint density at radius 2 is 2.06 bits per heavy atom. The lowest BCUT2D eigenvalue weighted by molar-refractivity contribution is 0.104. The molecule has 0 spiro atoms. The zero-order valence-electron chi connectivity index (χ0n) is 10.6. The fraction of sp³-hybridized carbons (Fsp3) is 0.538. The first-order chi connectivity index (χ1) is 8.06. The maximum absolute atomic E-state index is 6.08. The lowest BCUT2D eigenvalue weighted by atomic mass is 10.0. The van der Waals surface area contributed by atoms with Crippen LogP contribution < -0.4 is 10.5 Å². The first-order valence-electron chi connectivity index (χ1n) is 5.67. The highest BCUT2D eigenvalue weighted by molar-refractivity contribution is 9.10. The Balaban J connectivity index is 2.59. The van der Waals surface area contributed by atoms with E-state index in [0.29, 0.717) is 0 Å². The molecule has 0 saturated carbocycles. The fourth-order valence-electron chi connectivity index (χ4n) is 1.75. The van der Waals surface area contributed by atoms with E-state index in [0.717, 1.165) is 23.1 Å². The number of halogens is 1. The van der Waals surface area contributed by atoms with Gasteiger partial charge in [-0.2, -0.15) is 0 Å². The molecular formula is C13H20BrNO2. The van der Waals surface area contributed by atoms with Crippen LogP contribution in [0.3, 0.4) is 0 Å².